The molecule has 1 saturated heterocycles. The number of carbonyl (C=O) groups is 3. The number of carbonyl (C=O) groups excluding carboxylic acids is 3. The van der Waals surface area contributed by atoms with Crippen LogP contribution in [0.25, 0.3) is 0 Å². The maximum atomic E-state index is 11.7. The summed E-state index contributed by atoms with van der Waals surface area (Å²) in [6, 6.07) is 0.212. The van der Waals surface area contributed by atoms with Crippen molar-refractivity contribution in [2.24, 2.45) is 5.92 Å². The van der Waals surface area contributed by atoms with Crippen molar-refractivity contribution in [3.63, 3.8) is 0 Å². The zero-order chi connectivity index (χ0) is 12.3. The van der Waals surface area contributed by atoms with Crippen molar-refractivity contribution >= 4 is 17.7 Å². The van der Waals surface area contributed by atoms with Crippen molar-refractivity contribution in [2.75, 3.05) is 0 Å². The van der Waals surface area contributed by atoms with Gasteiger partial charge in [0.1, 0.15) is 5.92 Å². The van der Waals surface area contributed by atoms with Gasteiger partial charge in [-0.1, -0.05) is 19.3 Å². The Morgan fingerprint density at radius 1 is 1.12 bits per heavy atom. The lowest BCUT2D eigenvalue weighted by Gasteiger charge is -2.22. The molecule has 17 heavy (non-hydrogen) atoms. The van der Waals surface area contributed by atoms with Crippen LogP contribution in [0.2, 0.25) is 0 Å². The summed E-state index contributed by atoms with van der Waals surface area (Å²) in [7, 11) is 0. The van der Waals surface area contributed by atoms with Gasteiger partial charge in [0, 0.05) is 12.5 Å². The van der Waals surface area contributed by atoms with Crippen LogP contribution in [0.4, 0.5) is 0 Å². The molecule has 2 rings (SSSR count). The van der Waals surface area contributed by atoms with Gasteiger partial charge in [-0.3, -0.25) is 25.2 Å². The van der Waals surface area contributed by atoms with Crippen LogP contribution in [-0.2, 0) is 14.4 Å². The average molecular weight is 239 g/mol. The van der Waals surface area contributed by atoms with E-state index in [0.717, 1.165) is 25.7 Å². The lowest BCUT2D eigenvalue weighted by atomic mass is 9.95. The fraction of sp³-hybridized carbons (Fsp3) is 0.727. The van der Waals surface area contributed by atoms with Crippen LogP contribution >= 0.6 is 0 Å². The molecule has 2 aliphatic rings. The standard InChI is InChI=1S/C11H17N3O3/c15-9(12-7-4-2-1-3-5-7)6-8-10(16)13-14-11(8)17/h7-8H,1-6H2,(H,12,15)(H,13,16)(H,14,17). The fourth-order valence-corrected chi connectivity index (χ4v) is 2.32. The minimum Gasteiger partial charge on any atom is -0.353 e. The van der Waals surface area contributed by atoms with Crippen molar-refractivity contribution < 1.29 is 14.4 Å². The second-order valence-corrected chi connectivity index (χ2v) is 4.64. The van der Waals surface area contributed by atoms with E-state index in [4.69, 9.17) is 0 Å². The van der Waals surface area contributed by atoms with Gasteiger partial charge in [-0.2, -0.15) is 0 Å². The summed E-state index contributed by atoms with van der Waals surface area (Å²) in [5, 5.41) is 2.89. The third kappa shape index (κ3) is 2.95. The first kappa shape index (κ1) is 11.9. The van der Waals surface area contributed by atoms with Crippen molar-refractivity contribution in [3.05, 3.63) is 0 Å². The number of rotatable bonds is 3. The Morgan fingerprint density at radius 3 is 2.29 bits per heavy atom. The van der Waals surface area contributed by atoms with E-state index in [1.807, 2.05) is 0 Å². The topological polar surface area (TPSA) is 87.3 Å². The third-order valence-corrected chi connectivity index (χ3v) is 3.30. The first-order valence-electron chi connectivity index (χ1n) is 6.06. The van der Waals surface area contributed by atoms with Gasteiger partial charge in [0.05, 0.1) is 0 Å². The molecule has 2 fully saturated rings. The summed E-state index contributed by atoms with van der Waals surface area (Å²) in [6.45, 7) is 0. The Bertz CT molecular complexity index is 321. The predicted molar refractivity (Wildman–Crippen MR) is 59.4 cm³/mol. The maximum absolute atomic E-state index is 11.7. The molecule has 0 unspecified atom stereocenters. The molecule has 1 saturated carbocycles. The lowest BCUT2D eigenvalue weighted by Crippen LogP contribution is -2.38. The third-order valence-electron chi connectivity index (χ3n) is 3.30. The molecular weight excluding hydrogens is 222 g/mol. The molecule has 6 nitrogen and oxygen atoms in total. The number of hydrogen-bond donors (Lipinski definition) is 3. The molecule has 0 bridgehead atoms. The van der Waals surface area contributed by atoms with Crippen LogP contribution < -0.4 is 16.2 Å². The van der Waals surface area contributed by atoms with Gasteiger partial charge in [-0.05, 0) is 12.8 Å². The first-order chi connectivity index (χ1) is 8.16. The molecule has 1 heterocycles. The highest BCUT2D eigenvalue weighted by molar-refractivity contribution is 6.07. The summed E-state index contributed by atoms with van der Waals surface area (Å²) in [4.78, 5) is 34.2. The molecule has 0 spiro atoms. The van der Waals surface area contributed by atoms with E-state index in [-0.39, 0.29) is 18.4 Å². The monoisotopic (exact) mass is 239 g/mol. The van der Waals surface area contributed by atoms with Gasteiger partial charge in [-0.25, -0.2) is 0 Å². The van der Waals surface area contributed by atoms with Gasteiger partial charge >= 0.3 is 0 Å². The molecule has 3 amide bonds. The normalized spacial score (nSPS) is 22.1. The van der Waals surface area contributed by atoms with Crippen LogP contribution in [0.1, 0.15) is 38.5 Å². The van der Waals surface area contributed by atoms with E-state index in [0.29, 0.717) is 0 Å². The average Bonchev–Trinajstić information content (AvgIpc) is 2.62. The molecule has 1 aliphatic heterocycles. The summed E-state index contributed by atoms with van der Waals surface area (Å²) in [5.41, 5.74) is 4.42. The van der Waals surface area contributed by atoms with Crippen molar-refractivity contribution in [3.8, 4) is 0 Å². The second kappa shape index (κ2) is 5.16. The molecule has 0 aromatic rings. The molecule has 3 N–H and O–H groups in total. The van der Waals surface area contributed by atoms with E-state index >= 15 is 0 Å². The molecule has 94 valence electrons. The Hall–Kier alpha value is -1.59. The Kier molecular flexibility index (Phi) is 3.61. The molecule has 0 radical (unpaired) electrons. The van der Waals surface area contributed by atoms with E-state index in [1.165, 1.54) is 6.42 Å². The summed E-state index contributed by atoms with van der Waals surface area (Å²) in [6.07, 6.45) is 5.42. The minimum atomic E-state index is -0.876. The first-order valence-corrected chi connectivity index (χ1v) is 6.06. The number of hydrogen-bond acceptors (Lipinski definition) is 3. The van der Waals surface area contributed by atoms with Gasteiger partial charge in [0.25, 0.3) is 11.8 Å². The van der Waals surface area contributed by atoms with E-state index in [9.17, 15) is 14.4 Å². The van der Waals surface area contributed by atoms with Crippen molar-refractivity contribution in [1.82, 2.24) is 16.2 Å². The number of amides is 3. The zero-order valence-electron chi connectivity index (χ0n) is 9.62. The van der Waals surface area contributed by atoms with Gasteiger partial charge in [0.2, 0.25) is 5.91 Å². The van der Waals surface area contributed by atoms with Crippen LogP contribution in [0.3, 0.4) is 0 Å². The Labute approximate surface area is 99.5 Å². The zero-order valence-corrected chi connectivity index (χ0v) is 9.62. The lowest BCUT2D eigenvalue weighted by molar-refractivity contribution is -0.133. The van der Waals surface area contributed by atoms with Crippen LogP contribution in [0.15, 0.2) is 0 Å². The van der Waals surface area contributed by atoms with Gasteiger partial charge in [-0.15, -0.1) is 0 Å². The van der Waals surface area contributed by atoms with Crippen molar-refractivity contribution in [1.29, 1.82) is 0 Å². The minimum absolute atomic E-state index is 0.0613. The van der Waals surface area contributed by atoms with Crippen LogP contribution in [0, 0.1) is 5.92 Å². The highest BCUT2D eigenvalue weighted by Crippen LogP contribution is 2.18. The SMILES string of the molecule is O=C(CC1C(=O)NNC1=O)NC1CCCCC1. The summed E-state index contributed by atoms with van der Waals surface area (Å²) >= 11 is 0. The van der Waals surface area contributed by atoms with Gasteiger partial charge in [0.15, 0.2) is 0 Å². The second-order valence-electron chi connectivity index (χ2n) is 4.64. The van der Waals surface area contributed by atoms with Crippen LogP contribution in [0.5, 0.6) is 0 Å². The van der Waals surface area contributed by atoms with E-state index in [2.05, 4.69) is 16.2 Å². The molecule has 0 aromatic carbocycles. The van der Waals surface area contributed by atoms with Gasteiger partial charge < -0.3 is 5.32 Å². The Balaban J connectivity index is 1.80. The Morgan fingerprint density at radius 2 is 1.71 bits per heavy atom. The molecule has 1 aliphatic carbocycles. The fourth-order valence-electron chi connectivity index (χ4n) is 2.32. The summed E-state index contributed by atoms with van der Waals surface area (Å²) < 4.78 is 0. The maximum Gasteiger partial charge on any atom is 0.251 e. The molecule has 6 heteroatoms. The molecule has 0 atom stereocenters. The van der Waals surface area contributed by atoms with E-state index in [1.54, 1.807) is 0 Å². The van der Waals surface area contributed by atoms with E-state index < -0.39 is 17.7 Å². The summed E-state index contributed by atoms with van der Waals surface area (Å²) in [5.74, 6) is -1.93. The smallest absolute Gasteiger partial charge is 0.251 e. The highest BCUT2D eigenvalue weighted by atomic mass is 16.2. The number of hydrazine groups is 1. The van der Waals surface area contributed by atoms with Crippen molar-refractivity contribution in [2.45, 2.75) is 44.6 Å². The van der Waals surface area contributed by atoms with Crippen LogP contribution in [-0.4, -0.2) is 23.8 Å². The predicted octanol–water partition coefficient (Wildman–Crippen LogP) is -0.397. The quantitative estimate of drug-likeness (QED) is 0.586. The molecule has 0 aromatic heterocycles. The number of nitrogens with one attached hydrogen (secondary N) is 3. The largest absolute Gasteiger partial charge is 0.353 e. The molecular formula is C11H17N3O3. The highest BCUT2D eigenvalue weighted by Gasteiger charge is 2.35.